The standard InChI is InChI=1S/C15H29Cl2N2O6P/c1-5-18(6-2)26(22,19(10-8-16)11-9-17)23-12-7-15(24-13(3)20)25-14(4)21/h15H,5-12H2,1-4H3. The molecule has 8 nitrogen and oxygen atoms in total. The molecule has 0 aliphatic carbocycles. The molecule has 1 atom stereocenters. The van der Waals surface area contributed by atoms with E-state index in [1.54, 1.807) is 9.34 Å². The maximum atomic E-state index is 13.6. The molecular formula is C15H29Cl2N2O6P. The Balaban J connectivity index is 5.19. The molecule has 0 spiro atoms. The molecule has 0 saturated heterocycles. The Labute approximate surface area is 165 Å². The highest BCUT2D eigenvalue weighted by molar-refractivity contribution is 7.54. The van der Waals surface area contributed by atoms with Crippen molar-refractivity contribution in [2.75, 3.05) is 44.5 Å². The van der Waals surface area contributed by atoms with E-state index in [1.807, 2.05) is 13.8 Å². The Morgan fingerprint density at radius 2 is 1.42 bits per heavy atom. The Kier molecular flexibility index (Phi) is 13.6. The molecule has 0 amide bonds. The molecule has 0 N–H and O–H groups in total. The molecular weight excluding hydrogens is 406 g/mol. The highest BCUT2D eigenvalue weighted by atomic mass is 35.5. The van der Waals surface area contributed by atoms with Crippen molar-refractivity contribution in [3.05, 3.63) is 0 Å². The maximum Gasteiger partial charge on any atom is 0.346 e. The summed E-state index contributed by atoms with van der Waals surface area (Å²) < 4.78 is 32.5. The molecule has 0 aromatic rings. The topological polar surface area (TPSA) is 85.4 Å². The molecule has 0 aromatic carbocycles. The molecule has 0 fully saturated rings. The predicted octanol–water partition coefficient (Wildman–Crippen LogP) is 3.07. The van der Waals surface area contributed by atoms with Gasteiger partial charge in [0.25, 0.3) is 0 Å². The van der Waals surface area contributed by atoms with E-state index in [-0.39, 0.29) is 24.8 Å². The lowest BCUT2D eigenvalue weighted by atomic mass is 10.4. The van der Waals surface area contributed by atoms with Crippen molar-refractivity contribution in [2.45, 2.75) is 40.4 Å². The van der Waals surface area contributed by atoms with Gasteiger partial charge in [0.05, 0.1) is 6.61 Å². The van der Waals surface area contributed by atoms with Crippen LogP contribution in [0.15, 0.2) is 0 Å². The zero-order chi connectivity index (χ0) is 20.2. The minimum atomic E-state index is -3.38. The van der Waals surface area contributed by atoms with Crippen LogP contribution in [-0.4, -0.2) is 72.1 Å². The first kappa shape index (κ1) is 25.6. The summed E-state index contributed by atoms with van der Waals surface area (Å²) in [6.45, 7) is 7.83. The van der Waals surface area contributed by atoms with Gasteiger partial charge in [0, 0.05) is 58.2 Å². The van der Waals surface area contributed by atoms with E-state index in [4.69, 9.17) is 37.2 Å². The number of rotatable bonds is 14. The summed E-state index contributed by atoms with van der Waals surface area (Å²) >= 11 is 11.7. The summed E-state index contributed by atoms with van der Waals surface area (Å²) in [7, 11) is -3.38. The van der Waals surface area contributed by atoms with Gasteiger partial charge in [-0.25, -0.2) is 9.34 Å². The first-order valence-corrected chi connectivity index (χ1v) is 11.1. The van der Waals surface area contributed by atoms with Crippen LogP contribution in [0.4, 0.5) is 0 Å². The Morgan fingerprint density at radius 1 is 0.962 bits per heavy atom. The van der Waals surface area contributed by atoms with Gasteiger partial charge < -0.3 is 14.0 Å². The molecule has 0 heterocycles. The molecule has 0 rings (SSSR count). The minimum Gasteiger partial charge on any atom is -0.425 e. The highest BCUT2D eigenvalue weighted by Gasteiger charge is 2.37. The van der Waals surface area contributed by atoms with Gasteiger partial charge in [0.15, 0.2) is 0 Å². The van der Waals surface area contributed by atoms with E-state index < -0.39 is 25.9 Å². The van der Waals surface area contributed by atoms with Gasteiger partial charge in [-0.05, 0) is 0 Å². The summed E-state index contributed by atoms with van der Waals surface area (Å²) in [6, 6.07) is 0. The van der Waals surface area contributed by atoms with Gasteiger partial charge in [-0.3, -0.25) is 14.2 Å². The van der Waals surface area contributed by atoms with E-state index in [9.17, 15) is 14.2 Å². The van der Waals surface area contributed by atoms with Crippen LogP contribution in [0, 0.1) is 0 Å². The number of alkyl halides is 2. The van der Waals surface area contributed by atoms with Crippen LogP contribution in [-0.2, 0) is 28.2 Å². The zero-order valence-corrected chi connectivity index (χ0v) is 18.2. The van der Waals surface area contributed by atoms with E-state index in [2.05, 4.69) is 0 Å². The third-order valence-corrected chi connectivity index (χ3v) is 6.59. The lowest BCUT2D eigenvalue weighted by Crippen LogP contribution is -2.36. The van der Waals surface area contributed by atoms with Gasteiger partial charge in [0.2, 0.25) is 6.29 Å². The molecule has 0 aliphatic heterocycles. The Bertz CT molecular complexity index is 457. The van der Waals surface area contributed by atoms with Crippen molar-refractivity contribution >= 4 is 42.8 Å². The average molecular weight is 435 g/mol. The monoisotopic (exact) mass is 434 g/mol. The first-order valence-electron chi connectivity index (χ1n) is 8.46. The van der Waals surface area contributed by atoms with Crippen LogP contribution < -0.4 is 0 Å². The van der Waals surface area contributed by atoms with Crippen LogP contribution >= 0.6 is 30.9 Å². The lowest BCUT2D eigenvalue weighted by Gasteiger charge is -2.37. The number of carbonyl (C=O) groups is 2. The number of nitrogens with zero attached hydrogens (tertiary/aromatic N) is 2. The van der Waals surface area contributed by atoms with Crippen molar-refractivity contribution in [3.8, 4) is 0 Å². The number of hydrogen-bond acceptors (Lipinski definition) is 6. The van der Waals surface area contributed by atoms with E-state index in [0.29, 0.717) is 26.2 Å². The molecule has 0 saturated carbocycles. The summed E-state index contributed by atoms with van der Waals surface area (Å²) in [6.07, 6.45) is -1.04. The van der Waals surface area contributed by atoms with Crippen LogP contribution in [0.3, 0.4) is 0 Å². The molecule has 0 aromatic heterocycles. The zero-order valence-electron chi connectivity index (χ0n) is 15.8. The van der Waals surface area contributed by atoms with Crippen LogP contribution in [0.1, 0.15) is 34.1 Å². The Morgan fingerprint density at radius 3 is 1.77 bits per heavy atom. The van der Waals surface area contributed by atoms with E-state index in [0.717, 1.165) is 0 Å². The van der Waals surface area contributed by atoms with Gasteiger partial charge in [0.1, 0.15) is 0 Å². The second kappa shape index (κ2) is 13.7. The van der Waals surface area contributed by atoms with Crippen LogP contribution in [0.25, 0.3) is 0 Å². The molecule has 0 aliphatic rings. The largest absolute Gasteiger partial charge is 0.425 e. The van der Waals surface area contributed by atoms with Gasteiger partial charge in [-0.2, -0.15) is 0 Å². The van der Waals surface area contributed by atoms with Gasteiger partial charge in [-0.15, -0.1) is 23.2 Å². The second-order valence-corrected chi connectivity index (χ2v) is 8.36. The van der Waals surface area contributed by atoms with E-state index >= 15 is 0 Å². The quantitative estimate of drug-likeness (QED) is 0.178. The maximum absolute atomic E-state index is 13.6. The molecule has 154 valence electrons. The molecule has 0 radical (unpaired) electrons. The van der Waals surface area contributed by atoms with Gasteiger partial charge in [-0.1, -0.05) is 13.8 Å². The fourth-order valence-electron chi connectivity index (χ4n) is 2.26. The summed E-state index contributed by atoms with van der Waals surface area (Å²) in [5.41, 5.74) is 0. The smallest absolute Gasteiger partial charge is 0.346 e. The normalized spacial score (nSPS) is 13.9. The molecule has 1 unspecified atom stereocenters. The number of halogens is 2. The van der Waals surface area contributed by atoms with Crippen molar-refractivity contribution in [3.63, 3.8) is 0 Å². The average Bonchev–Trinajstić information content (AvgIpc) is 2.54. The predicted molar refractivity (Wildman–Crippen MR) is 101 cm³/mol. The summed E-state index contributed by atoms with van der Waals surface area (Å²) in [5, 5.41) is 0. The fourth-order valence-corrected chi connectivity index (χ4v) is 5.35. The number of hydrogen-bond donors (Lipinski definition) is 0. The van der Waals surface area contributed by atoms with Crippen molar-refractivity contribution in [1.29, 1.82) is 0 Å². The second-order valence-electron chi connectivity index (χ2n) is 5.23. The van der Waals surface area contributed by atoms with Gasteiger partial charge >= 0.3 is 19.6 Å². The molecule has 26 heavy (non-hydrogen) atoms. The van der Waals surface area contributed by atoms with Crippen molar-refractivity contribution < 1.29 is 28.2 Å². The summed E-state index contributed by atoms with van der Waals surface area (Å²) in [5.74, 6) is -0.632. The fraction of sp³-hybridized carbons (Fsp3) is 0.867. The summed E-state index contributed by atoms with van der Waals surface area (Å²) in [4.78, 5) is 22.2. The number of esters is 2. The van der Waals surface area contributed by atoms with E-state index in [1.165, 1.54) is 13.8 Å². The third kappa shape index (κ3) is 9.02. The van der Waals surface area contributed by atoms with Crippen molar-refractivity contribution in [2.24, 2.45) is 0 Å². The van der Waals surface area contributed by atoms with Crippen molar-refractivity contribution in [1.82, 2.24) is 9.34 Å². The van der Waals surface area contributed by atoms with Crippen LogP contribution in [0.5, 0.6) is 0 Å². The highest BCUT2D eigenvalue weighted by Crippen LogP contribution is 2.54. The Hall–Kier alpha value is -0.370. The molecule has 11 heteroatoms. The SMILES string of the molecule is CCN(CC)P(=O)(OCCC(OC(C)=O)OC(C)=O)N(CCCl)CCCl. The first-order chi connectivity index (χ1) is 12.2. The number of carbonyl (C=O) groups excluding carboxylic acids is 2. The third-order valence-electron chi connectivity index (χ3n) is 3.34. The molecule has 0 bridgehead atoms. The number of ether oxygens (including phenoxy) is 2. The van der Waals surface area contributed by atoms with Crippen LogP contribution in [0.2, 0.25) is 0 Å². The minimum absolute atomic E-state index is 0.0416. The lowest BCUT2D eigenvalue weighted by molar-refractivity contribution is -0.186.